The number of methoxy groups -OCH3 is 1. The first-order chi connectivity index (χ1) is 18.9. The molecule has 3 atom stereocenters. The molecule has 0 aliphatic heterocycles. The van der Waals surface area contributed by atoms with Crippen LogP contribution in [-0.4, -0.2) is 35.9 Å². The lowest BCUT2D eigenvalue weighted by Gasteiger charge is -2.27. The zero-order valence-electron chi connectivity index (χ0n) is 23.1. The van der Waals surface area contributed by atoms with Crippen molar-refractivity contribution in [3.63, 3.8) is 0 Å². The summed E-state index contributed by atoms with van der Waals surface area (Å²) in [6, 6.07) is 10.3. The van der Waals surface area contributed by atoms with Crippen molar-refractivity contribution in [2.24, 2.45) is 5.92 Å². The van der Waals surface area contributed by atoms with Crippen LogP contribution < -0.4 is 9.47 Å². The van der Waals surface area contributed by atoms with Gasteiger partial charge in [0.15, 0.2) is 17.2 Å². The molecule has 0 bridgehead atoms. The summed E-state index contributed by atoms with van der Waals surface area (Å²) in [5.41, 5.74) is 2.00. The lowest BCUT2D eigenvalue weighted by Crippen LogP contribution is -2.26. The molecule has 0 aliphatic rings. The van der Waals surface area contributed by atoms with Crippen molar-refractivity contribution in [1.29, 1.82) is 0 Å². The molecule has 0 saturated heterocycles. The van der Waals surface area contributed by atoms with Gasteiger partial charge in [0, 0.05) is 30.5 Å². The summed E-state index contributed by atoms with van der Waals surface area (Å²) in [7, 11) is 1.36. The average molecular weight is 572 g/mol. The Morgan fingerprint density at radius 2 is 1.62 bits per heavy atom. The second-order valence-corrected chi connectivity index (χ2v) is 10.6. The highest BCUT2D eigenvalue weighted by atomic mass is 32.2. The molecule has 0 saturated carbocycles. The molecule has 2 aromatic carbocycles. The number of ketones is 1. The summed E-state index contributed by atoms with van der Waals surface area (Å²) in [6.45, 7) is 8.00. The molecular formula is C30H31F2NO6S. The first kappa shape index (κ1) is 30.7. The summed E-state index contributed by atoms with van der Waals surface area (Å²) >= 11 is 1.38. The summed E-state index contributed by atoms with van der Waals surface area (Å²) in [4.78, 5) is 42.6. The highest BCUT2D eigenvalue weighted by molar-refractivity contribution is 7.99. The number of thioether (sulfide) groups is 1. The Balaban J connectivity index is 1.81. The molecule has 3 rings (SSSR count). The van der Waals surface area contributed by atoms with Gasteiger partial charge < -0.3 is 14.2 Å². The Morgan fingerprint density at radius 1 is 0.975 bits per heavy atom. The third-order valence-electron chi connectivity index (χ3n) is 6.15. The number of carbonyl (C=O) groups excluding carboxylic acids is 3. The fraction of sp³-hybridized carbons (Fsp3) is 0.333. The van der Waals surface area contributed by atoms with Crippen molar-refractivity contribution in [3.8, 4) is 11.5 Å². The minimum atomic E-state index is -0.861. The normalized spacial score (nSPS) is 13.2. The van der Waals surface area contributed by atoms with Crippen LogP contribution in [0.3, 0.4) is 0 Å². The Kier molecular flexibility index (Phi) is 10.4. The van der Waals surface area contributed by atoms with Crippen LogP contribution in [0.1, 0.15) is 59.6 Å². The van der Waals surface area contributed by atoms with Crippen LogP contribution in [0, 0.1) is 31.4 Å². The van der Waals surface area contributed by atoms with E-state index in [1.54, 1.807) is 39.8 Å². The number of hydrogen-bond acceptors (Lipinski definition) is 8. The predicted octanol–water partition coefficient (Wildman–Crippen LogP) is 6.58. The number of halogens is 2. The Morgan fingerprint density at radius 3 is 2.23 bits per heavy atom. The number of ether oxygens (including phenoxy) is 3. The first-order valence-corrected chi connectivity index (χ1v) is 13.4. The van der Waals surface area contributed by atoms with Gasteiger partial charge in [0.1, 0.15) is 17.7 Å². The van der Waals surface area contributed by atoms with Crippen molar-refractivity contribution >= 4 is 29.5 Å². The van der Waals surface area contributed by atoms with E-state index in [1.165, 1.54) is 62.3 Å². The maximum absolute atomic E-state index is 13.9. The van der Waals surface area contributed by atoms with E-state index < -0.39 is 35.0 Å². The van der Waals surface area contributed by atoms with Crippen molar-refractivity contribution < 1.29 is 37.4 Å². The molecule has 0 unspecified atom stereocenters. The maximum Gasteiger partial charge on any atom is 0.309 e. The second-order valence-electron chi connectivity index (χ2n) is 9.40. The van der Waals surface area contributed by atoms with E-state index in [0.29, 0.717) is 11.1 Å². The molecule has 0 spiro atoms. The summed E-state index contributed by atoms with van der Waals surface area (Å²) in [5, 5.41) is -0.452. The van der Waals surface area contributed by atoms with Gasteiger partial charge in [-0.2, -0.15) is 0 Å². The highest BCUT2D eigenvalue weighted by Gasteiger charge is 2.30. The van der Waals surface area contributed by atoms with Gasteiger partial charge in [0.05, 0.1) is 18.3 Å². The topological polar surface area (TPSA) is 91.8 Å². The number of hydrogen-bond donors (Lipinski definition) is 0. The Bertz CT molecular complexity index is 1410. The first-order valence-electron chi connectivity index (χ1n) is 12.5. The number of esters is 2. The minimum absolute atomic E-state index is 0.116. The van der Waals surface area contributed by atoms with Crippen LogP contribution in [-0.2, 0) is 14.3 Å². The monoisotopic (exact) mass is 571 g/mol. The minimum Gasteiger partial charge on any atom is -0.493 e. The van der Waals surface area contributed by atoms with Crippen LogP contribution in [0.5, 0.6) is 11.5 Å². The van der Waals surface area contributed by atoms with Gasteiger partial charge in [-0.05, 0) is 67.8 Å². The largest absolute Gasteiger partial charge is 0.493 e. The molecule has 1 heterocycles. The number of Topliss-reactive ketones (excluding diaryl/α,β-unsaturated/α-hetero) is 1. The number of rotatable bonds is 11. The van der Waals surface area contributed by atoms with Gasteiger partial charge in [-0.25, -0.2) is 13.8 Å². The van der Waals surface area contributed by atoms with Gasteiger partial charge in [0.2, 0.25) is 5.75 Å². The van der Waals surface area contributed by atoms with Gasteiger partial charge in [-0.1, -0.05) is 13.0 Å². The summed E-state index contributed by atoms with van der Waals surface area (Å²) in [6.07, 6.45) is 0.383. The third-order valence-corrected chi connectivity index (χ3v) is 7.75. The third kappa shape index (κ3) is 7.65. The zero-order valence-corrected chi connectivity index (χ0v) is 23.9. The average Bonchev–Trinajstić information content (AvgIpc) is 2.88. The van der Waals surface area contributed by atoms with E-state index in [4.69, 9.17) is 14.2 Å². The molecule has 0 amide bonds. The molecule has 7 nitrogen and oxygen atoms in total. The molecule has 0 aliphatic carbocycles. The van der Waals surface area contributed by atoms with Gasteiger partial charge in [-0.3, -0.25) is 14.4 Å². The standard InChI is InChI=1S/C30H31F2NO6S/c1-16-13-21(31)7-9-23(16)29(40-26-10-8-22(32)14-17(26)2)19(4)38-30(36)18(3)15-24(35)27-28(39-20(5)34)25(37-6)11-12-33-27/h7-14,18-19,29H,15H2,1-6H3/t18-,19+,29+/m1/s1. The molecule has 10 heteroatoms. The molecular weight excluding hydrogens is 540 g/mol. The molecule has 0 fully saturated rings. The number of aromatic nitrogens is 1. The zero-order chi connectivity index (χ0) is 29.6. The fourth-order valence-electron chi connectivity index (χ4n) is 4.10. The van der Waals surface area contributed by atoms with Crippen LogP contribution >= 0.6 is 11.8 Å². The van der Waals surface area contributed by atoms with Crippen molar-refractivity contribution in [1.82, 2.24) is 4.98 Å². The molecule has 40 heavy (non-hydrogen) atoms. The van der Waals surface area contributed by atoms with E-state index in [0.717, 1.165) is 10.5 Å². The van der Waals surface area contributed by atoms with Crippen LogP contribution in [0.25, 0.3) is 0 Å². The number of aryl methyl sites for hydroxylation is 2. The SMILES string of the molecule is COc1ccnc(C(=O)C[C@@H](C)C(=O)O[C@@H](C)[C@H](Sc2ccc(F)cc2C)c2ccc(F)cc2C)c1OC(C)=O. The number of nitrogens with zero attached hydrogens (tertiary/aromatic N) is 1. The van der Waals surface area contributed by atoms with Crippen molar-refractivity contribution in [2.75, 3.05) is 7.11 Å². The van der Waals surface area contributed by atoms with E-state index in [-0.39, 0.29) is 35.2 Å². The van der Waals surface area contributed by atoms with Crippen LogP contribution in [0.2, 0.25) is 0 Å². The van der Waals surface area contributed by atoms with Crippen molar-refractivity contribution in [3.05, 3.63) is 82.7 Å². The van der Waals surface area contributed by atoms with E-state index in [9.17, 15) is 23.2 Å². The molecule has 0 N–H and O–H groups in total. The molecule has 0 radical (unpaired) electrons. The number of pyridine rings is 1. The maximum atomic E-state index is 13.9. The fourth-order valence-corrected chi connectivity index (χ4v) is 5.41. The summed E-state index contributed by atoms with van der Waals surface area (Å²) < 4.78 is 43.7. The quantitative estimate of drug-likeness (QED) is 0.145. The van der Waals surface area contributed by atoms with Gasteiger partial charge in [0.25, 0.3) is 0 Å². The molecule has 212 valence electrons. The van der Waals surface area contributed by atoms with Gasteiger partial charge in [-0.15, -0.1) is 11.8 Å². The predicted molar refractivity (Wildman–Crippen MR) is 147 cm³/mol. The van der Waals surface area contributed by atoms with E-state index in [2.05, 4.69) is 4.98 Å². The summed E-state index contributed by atoms with van der Waals surface area (Å²) in [5.74, 6) is -3.39. The smallest absolute Gasteiger partial charge is 0.309 e. The Labute approximate surface area is 236 Å². The lowest BCUT2D eigenvalue weighted by atomic mass is 10.0. The van der Waals surface area contributed by atoms with E-state index in [1.807, 2.05) is 0 Å². The number of benzene rings is 2. The molecule has 3 aromatic rings. The second kappa shape index (κ2) is 13.5. The van der Waals surface area contributed by atoms with Crippen LogP contribution in [0.15, 0.2) is 53.6 Å². The molecule has 1 aromatic heterocycles. The number of carbonyl (C=O) groups is 3. The van der Waals surface area contributed by atoms with Crippen LogP contribution in [0.4, 0.5) is 8.78 Å². The van der Waals surface area contributed by atoms with E-state index >= 15 is 0 Å². The van der Waals surface area contributed by atoms with Crippen molar-refractivity contribution in [2.45, 2.75) is 57.3 Å². The lowest BCUT2D eigenvalue weighted by molar-refractivity contribution is -0.152. The van der Waals surface area contributed by atoms with Gasteiger partial charge >= 0.3 is 11.9 Å². The Hall–Kier alpha value is -3.79. The highest BCUT2D eigenvalue weighted by Crippen LogP contribution is 2.42.